The number of anilines is 2. The molecule has 0 aromatic heterocycles. The molecule has 0 heterocycles. The molecule has 94 valence electrons. The summed E-state index contributed by atoms with van der Waals surface area (Å²) in [5.74, 6) is 0. The second-order valence-corrected chi connectivity index (χ2v) is 4.84. The van der Waals surface area contributed by atoms with Crippen molar-refractivity contribution in [3.63, 3.8) is 0 Å². The molecule has 0 N–H and O–H groups in total. The largest absolute Gasteiger partial charge is 0.375 e. The van der Waals surface area contributed by atoms with E-state index in [-0.39, 0.29) is 21.2 Å². The lowest BCUT2D eigenvalue weighted by molar-refractivity contribution is 1.10. The van der Waals surface area contributed by atoms with Crippen LogP contribution in [0.4, 0.5) is 11.4 Å². The van der Waals surface area contributed by atoms with Crippen LogP contribution in [0.15, 0.2) is 0 Å². The number of hydrogen-bond acceptors (Lipinski definition) is 4. The Labute approximate surface area is 117 Å². The van der Waals surface area contributed by atoms with Gasteiger partial charge < -0.3 is 9.80 Å². The fourth-order valence-electron chi connectivity index (χ4n) is 1.71. The SMILES string of the molecule is CN(C)c1c(Cl)c(C#N)c(N(C)C)c(Cl)c1C#N. The maximum Gasteiger partial charge on any atom is 0.103 e. The van der Waals surface area contributed by atoms with Crippen molar-refractivity contribution in [3.8, 4) is 12.1 Å². The zero-order valence-corrected chi connectivity index (χ0v) is 12.1. The van der Waals surface area contributed by atoms with Crippen LogP contribution in [0, 0.1) is 22.7 Å². The van der Waals surface area contributed by atoms with Gasteiger partial charge >= 0.3 is 0 Å². The van der Waals surface area contributed by atoms with E-state index < -0.39 is 0 Å². The molecule has 0 fully saturated rings. The van der Waals surface area contributed by atoms with Gasteiger partial charge in [-0.05, 0) is 0 Å². The van der Waals surface area contributed by atoms with Gasteiger partial charge in [0.2, 0.25) is 0 Å². The number of halogens is 2. The molecule has 0 spiro atoms. The van der Waals surface area contributed by atoms with Gasteiger partial charge in [0.1, 0.15) is 12.1 Å². The third kappa shape index (κ3) is 2.18. The van der Waals surface area contributed by atoms with E-state index in [1.807, 2.05) is 12.1 Å². The molecule has 0 unspecified atom stereocenters. The molecule has 18 heavy (non-hydrogen) atoms. The second-order valence-electron chi connectivity index (χ2n) is 4.09. The van der Waals surface area contributed by atoms with Gasteiger partial charge in [0, 0.05) is 28.2 Å². The lowest BCUT2D eigenvalue weighted by Crippen LogP contribution is -2.16. The van der Waals surface area contributed by atoms with Gasteiger partial charge in [-0.2, -0.15) is 10.5 Å². The van der Waals surface area contributed by atoms with Gasteiger partial charge in [0.05, 0.1) is 32.5 Å². The summed E-state index contributed by atoms with van der Waals surface area (Å²) in [6.07, 6.45) is 0. The van der Waals surface area contributed by atoms with Crippen molar-refractivity contribution in [2.45, 2.75) is 0 Å². The highest BCUT2D eigenvalue weighted by Gasteiger charge is 2.24. The zero-order valence-electron chi connectivity index (χ0n) is 10.5. The standard InChI is InChI=1S/C12H12Cl2N4/c1-17(2)11-7(5-15)10(14)12(18(3)4)8(6-16)9(11)13/h1-4H3. The van der Waals surface area contributed by atoms with Crippen molar-refractivity contribution >= 4 is 34.6 Å². The molecule has 1 aromatic rings. The molecule has 0 aliphatic rings. The van der Waals surface area contributed by atoms with Crippen molar-refractivity contribution in [2.24, 2.45) is 0 Å². The second kappa shape index (κ2) is 5.35. The predicted molar refractivity (Wildman–Crippen MR) is 74.5 cm³/mol. The maximum atomic E-state index is 9.22. The van der Waals surface area contributed by atoms with E-state index in [1.54, 1.807) is 38.0 Å². The Bertz CT molecular complexity index is 513. The highest BCUT2D eigenvalue weighted by atomic mass is 35.5. The summed E-state index contributed by atoms with van der Waals surface area (Å²) in [5, 5.41) is 18.9. The van der Waals surface area contributed by atoms with E-state index in [1.165, 1.54) is 0 Å². The van der Waals surface area contributed by atoms with E-state index in [2.05, 4.69) is 0 Å². The van der Waals surface area contributed by atoms with E-state index in [4.69, 9.17) is 23.2 Å². The minimum absolute atomic E-state index is 0.243. The van der Waals surface area contributed by atoms with Crippen LogP contribution in [0.1, 0.15) is 11.1 Å². The first kappa shape index (κ1) is 14.4. The Morgan fingerprint density at radius 1 is 0.778 bits per heavy atom. The van der Waals surface area contributed by atoms with Gasteiger partial charge in [-0.3, -0.25) is 0 Å². The summed E-state index contributed by atoms with van der Waals surface area (Å²) < 4.78 is 0. The topological polar surface area (TPSA) is 54.1 Å². The summed E-state index contributed by atoms with van der Waals surface area (Å²) >= 11 is 12.4. The van der Waals surface area contributed by atoms with Crippen molar-refractivity contribution in [1.29, 1.82) is 10.5 Å². The molecule has 0 atom stereocenters. The number of rotatable bonds is 2. The van der Waals surface area contributed by atoms with Gasteiger partial charge in [0.15, 0.2) is 0 Å². The normalized spacial score (nSPS) is 9.56. The molecule has 0 saturated carbocycles. The van der Waals surface area contributed by atoms with Crippen molar-refractivity contribution in [2.75, 3.05) is 38.0 Å². The first-order chi connectivity index (χ1) is 8.36. The van der Waals surface area contributed by atoms with E-state index in [0.29, 0.717) is 11.4 Å². The van der Waals surface area contributed by atoms with Crippen LogP contribution in [0.5, 0.6) is 0 Å². The molecule has 0 saturated heterocycles. The van der Waals surface area contributed by atoms with Crippen LogP contribution in [0.2, 0.25) is 10.0 Å². The highest BCUT2D eigenvalue weighted by Crippen LogP contribution is 2.43. The fourth-order valence-corrected chi connectivity index (χ4v) is 2.50. The van der Waals surface area contributed by atoms with Gasteiger partial charge in [0.25, 0.3) is 0 Å². The molecular formula is C12H12Cl2N4. The molecule has 1 aromatic carbocycles. The van der Waals surface area contributed by atoms with Gasteiger partial charge in [-0.1, -0.05) is 23.2 Å². The molecule has 0 aliphatic carbocycles. The van der Waals surface area contributed by atoms with E-state index in [9.17, 15) is 10.5 Å². The molecule has 4 nitrogen and oxygen atoms in total. The molecular weight excluding hydrogens is 271 g/mol. The average molecular weight is 283 g/mol. The fraction of sp³-hybridized carbons (Fsp3) is 0.333. The third-order valence-corrected chi connectivity index (χ3v) is 3.18. The van der Waals surface area contributed by atoms with E-state index in [0.717, 1.165) is 0 Å². The van der Waals surface area contributed by atoms with Gasteiger partial charge in [-0.15, -0.1) is 0 Å². The highest BCUT2D eigenvalue weighted by molar-refractivity contribution is 6.39. The maximum absolute atomic E-state index is 9.22. The molecule has 1 rings (SSSR count). The summed E-state index contributed by atoms with van der Waals surface area (Å²) in [4.78, 5) is 3.35. The van der Waals surface area contributed by atoms with Crippen molar-refractivity contribution < 1.29 is 0 Å². The minimum atomic E-state index is 0.243. The number of nitrogens with zero attached hydrogens (tertiary/aromatic N) is 4. The van der Waals surface area contributed by atoms with Crippen LogP contribution in [0.3, 0.4) is 0 Å². The molecule has 6 heteroatoms. The Morgan fingerprint density at radius 2 is 1.06 bits per heavy atom. The lowest BCUT2D eigenvalue weighted by atomic mass is 10.1. The number of hydrogen-bond donors (Lipinski definition) is 0. The summed E-state index contributed by atoms with van der Waals surface area (Å²) in [5.41, 5.74) is 1.47. The zero-order chi connectivity index (χ0) is 14.0. The molecule has 0 bridgehead atoms. The Balaban J connectivity index is 3.89. The Kier molecular flexibility index (Phi) is 4.29. The Hall–Kier alpha value is -1.62. The summed E-state index contributed by atoms with van der Waals surface area (Å²) in [6, 6.07) is 4.08. The average Bonchev–Trinajstić information content (AvgIpc) is 2.29. The van der Waals surface area contributed by atoms with Crippen LogP contribution in [-0.2, 0) is 0 Å². The van der Waals surface area contributed by atoms with Gasteiger partial charge in [-0.25, -0.2) is 0 Å². The summed E-state index contributed by atoms with van der Waals surface area (Å²) in [6.45, 7) is 0. The van der Waals surface area contributed by atoms with Crippen LogP contribution in [0.25, 0.3) is 0 Å². The van der Waals surface area contributed by atoms with Crippen molar-refractivity contribution in [3.05, 3.63) is 21.2 Å². The molecule has 0 amide bonds. The quantitative estimate of drug-likeness (QED) is 0.837. The first-order valence-electron chi connectivity index (χ1n) is 5.06. The lowest BCUT2D eigenvalue weighted by Gasteiger charge is -2.23. The monoisotopic (exact) mass is 282 g/mol. The molecule has 0 aliphatic heterocycles. The third-order valence-electron chi connectivity index (χ3n) is 2.45. The number of nitriles is 2. The number of benzene rings is 1. The van der Waals surface area contributed by atoms with Crippen LogP contribution in [-0.4, -0.2) is 28.2 Å². The smallest absolute Gasteiger partial charge is 0.103 e. The first-order valence-corrected chi connectivity index (χ1v) is 5.82. The summed E-state index contributed by atoms with van der Waals surface area (Å²) in [7, 11) is 6.98. The van der Waals surface area contributed by atoms with Crippen LogP contribution >= 0.6 is 23.2 Å². The Morgan fingerprint density at radius 3 is 1.22 bits per heavy atom. The van der Waals surface area contributed by atoms with Crippen LogP contribution < -0.4 is 9.80 Å². The minimum Gasteiger partial charge on any atom is -0.375 e. The van der Waals surface area contributed by atoms with Crippen molar-refractivity contribution in [1.82, 2.24) is 0 Å². The predicted octanol–water partition coefficient (Wildman–Crippen LogP) is 2.87. The molecule has 0 radical (unpaired) electrons. The van der Waals surface area contributed by atoms with E-state index >= 15 is 0 Å².